The lowest BCUT2D eigenvalue weighted by atomic mass is 10.0. The molecule has 1 amide bonds. The first-order chi connectivity index (χ1) is 16.2. The van der Waals surface area contributed by atoms with Crippen molar-refractivity contribution < 1.29 is 19.0 Å². The zero-order valence-electron chi connectivity index (χ0n) is 18.3. The fraction of sp³-hybridized carbons (Fsp3) is 0.320. The minimum absolute atomic E-state index is 0.131. The van der Waals surface area contributed by atoms with E-state index in [1.807, 2.05) is 31.2 Å². The molecule has 170 valence electrons. The summed E-state index contributed by atoms with van der Waals surface area (Å²) in [5.41, 5.74) is 4.17. The first-order valence-electron chi connectivity index (χ1n) is 11.1. The number of ether oxygens (including phenoxy) is 3. The van der Waals surface area contributed by atoms with Gasteiger partial charge in [-0.1, -0.05) is 54.6 Å². The highest BCUT2D eigenvalue weighted by Gasteiger charge is 2.49. The number of amides is 1. The van der Waals surface area contributed by atoms with Crippen LogP contribution in [-0.4, -0.2) is 60.2 Å². The van der Waals surface area contributed by atoms with E-state index in [1.165, 1.54) is 5.56 Å². The summed E-state index contributed by atoms with van der Waals surface area (Å²) in [6.45, 7) is 3.07. The largest absolute Gasteiger partial charge is 0.441 e. The number of carbonyl (C=O) groups excluding carboxylic acids is 1. The Morgan fingerprint density at radius 2 is 1.70 bits per heavy atom. The van der Waals surface area contributed by atoms with E-state index in [1.54, 1.807) is 6.20 Å². The summed E-state index contributed by atoms with van der Waals surface area (Å²) >= 11 is 0. The summed E-state index contributed by atoms with van der Waals surface area (Å²) in [6.07, 6.45) is 0.310. The minimum Gasteiger partial charge on any atom is -0.441 e. The van der Waals surface area contributed by atoms with Gasteiger partial charge < -0.3 is 24.8 Å². The summed E-state index contributed by atoms with van der Waals surface area (Å²) in [4.78, 5) is 20.8. The van der Waals surface area contributed by atoms with Gasteiger partial charge in [-0.05, 0) is 24.1 Å². The van der Waals surface area contributed by atoms with E-state index >= 15 is 0 Å². The molecular formula is C25H26N4O4. The Hall–Kier alpha value is -3.49. The van der Waals surface area contributed by atoms with Crippen molar-refractivity contribution in [2.24, 2.45) is 0 Å². The summed E-state index contributed by atoms with van der Waals surface area (Å²) in [7, 11) is 0. The fourth-order valence-electron chi connectivity index (χ4n) is 4.23. The third kappa shape index (κ3) is 4.67. The Labute approximate surface area is 192 Å². The molecule has 2 aromatic carbocycles. The first kappa shape index (κ1) is 21.4. The summed E-state index contributed by atoms with van der Waals surface area (Å²) in [5, 5.41) is 5.96. The third-order valence-electron chi connectivity index (χ3n) is 5.85. The second-order valence-electron chi connectivity index (χ2n) is 8.03. The summed E-state index contributed by atoms with van der Waals surface area (Å²) < 4.78 is 17.2. The van der Waals surface area contributed by atoms with Gasteiger partial charge >= 0.3 is 6.09 Å². The average molecular weight is 447 g/mol. The quantitative estimate of drug-likeness (QED) is 0.598. The second kappa shape index (κ2) is 9.56. The maximum absolute atomic E-state index is 11.8. The lowest BCUT2D eigenvalue weighted by Gasteiger charge is -2.18. The first-order valence-corrected chi connectivity index (χ1v) is 11.1. The van der Waals surface area contributed by atoms with Crippen LogP contribution in [0.25, 0.3) is 22.4 Å². The molecule has 0 spiro atoms. The molecule has 0 radical (unpaired) electrons. The van der Waals surface area contributed by atoms with E-state index in [2.05, 4.69) is 57.0 Å². The normalized spacial score (nSPS) is 23.7. The molecule has 8 nitrogen and oxygen atoms in total. The van der Waals surface area contributed by atoms with Gasteiger partial charge in [-0.25, -0.2) is 14.8 Å². The van der Waals surface area contributed by atoms with Crippen LogP contribution in [0.2, 0.25) is 0 Å². The summed E-state index contributed by atoms with van der Waals surface area (Å²) in [5.74, 6) is 0.505. The third-order valence-corrected chi connectivity index (χ3v) is 5.85. The molecule has 1 aromatic heterocycles. The van der Waals surface area contributed by atoms with Crippen LogP contribution in [0.1, 0.15) is 6.92 Å². The van der Waals surface area contributed by atoms with Crippen molar-refractivity contribution in [2.75, 3.05) is 25.1 Å². The van der Waals surface area contributed by atoms with Gasteiger partial charge in [0.05, 0.1) is 24.9 Å². The molecule has 0 aliphatic carbocycles. The number of rotatable bonds is 6. The van der Waals surface area contributed by atoms with Crippen LogP contribution in [0.5, 0.6) is 0 Å². The molecule has 3 heterocycles. The van der Waals surface area contributed by atoms with Crippen molar-refractivity contribution in [1.29, 1.82) is 0 Å². The van der Waals surface area contributed by atoms with E-state index in [4.69, 9.17) is 14.2 Å². The molecular weight excluding hydrogens is 420 g/mol. The second-order valence-corrected chi connectivity index (χ2v) is 8.03. The van der Waals surface area contributed by atoms with Crippen LogP contribution in [0.3, 0.4) is 0 Å². The highest BCUT2D eigenvalue weighted by Crippen LogP contribution is 2.31. The van der Waals surface area contributed by atoms with Crippen molar-refractivity contribution in [2.45, 2.75) is 31.3 Å². The van der Waals surface area contributed by atoms with Gasteiger partial charge in [-0.15, -0.1) is 0 Å². The van der Waals surface area contributed by atoms with Crippen molar-refractivity contribution in [1.82, 2.24) is 15.3 Å². The highest BCUT2D eigenvalue weighted by molar-refractivity contribution is 5.69. The van der Waals surface area contributed by atoms with Gasteiger partial charge in [0.1, 0.15) is 12.2 Å². The highest BCUT2D eigenvalue weighted by atomic mass is 16.6. The molecule has 2 N–H and O–H groups in total. The molecule has 5 rings (SSSR count). The average Bonchev–Trinajstić information content (AvgIpc) is 3.43. The molecule has 8 heteroatoms. The Kier molecular flexibility index (Phi) is 6.19. The Bertz CT molecular complexity index is 1090. The maximum Gasteiger partial charge on any atom is 0.407 e. The smallest absolute Gasteiger partial charge is 0.407 e. The van der Waals surface area contributed by atoms with Crippen molar-refractivity contribution >= 4 is 12.0 Å². The van der Waals surface area contributed by atoms with Crippen molar-refractivity contribution in [3.63, 3.8) is 0 Å². The van der Waals surface area contributed by atoms with Crippen molar-refractivity contribution in [3.05, 3.63) is 66.9 Å². The van der Waals surface area contributed by atoms with Gasteiger partial charge in [0.25, 0.3) is 0 Å². The molecule has 2 aliphatic heterocycles. The predicted molar refractivity (Wildman–Crippen MR) is 124 cm³/mol. The maximum atomic E-state index is 11.8. The topological polar surface area (TPSA) is 94.6 Å². The van der Waals surface area contributed by atoms with E-state index in [-0.39, 0.29) is 18.2 Å². The van der Waals surface area contributed by atoms with Gasteiger partial charge in [-0.2, -0.15) is 0 Å². The van der Waals surface area contributed by atoms with Gasteiger partial charge in [-0.3, -0.25) is 0 Å². The molecule has 33 heavy (non-hydrogen) atoms. The standard InChI is InChI=1S/C25H26N4O4/c1-2-26-25(30)33-21-15-32-22-20(14-31-23(21)22)29-24-27-13-12-19(28-24)18-10-8-17(9-11-18)16-6-4-3-5-7-16/h3-13,20-23H,2,14-15H2,1H3,(H,26,30)(H,27,28,29)/t20-,21-,22-,23+/m0/s1. The van der Waals surface area contributed by atoms with Gasteiger partial charge in [0, 0.05) is 18.3 Å². The van der Waals surface area contributed by atoms with Crippen LogP contribution in [-0.2, 0) is 14.2 Å². The number of hydrogen-bond acceptors (Lipinski definition) is 7. The van der Waals surface area contributed by atoms with E-state index in [0.717, 1.165) is 16.8 Å². The number of aromatic nitrogens is 2. The van der Waals surface area contributed by atoms with Crippen LogP contribution in [0.4, 0.5) is 10.7 Å². The lowest BCUT2D eigenvalue weighted by molar-refractivity contribution is 0.00462. The van der Waals surface area contributed by atoms with Crippen LogP contribution in [0, 0.1) is 0 Å². The Morgan fingerprint density at radius 3 is 2.48 bits per heavy atom. The Balaban J connectivity index is 1.25. The van der Waals surface area contributed by atoms with E-state index in [9.17, 15) is 4.79 Å². The SMILES string of the molecule is CCNC(=O)O[C@H]1CO[C@@H]2[C@@H]1OC[C@@H]2Nc1nccc(-c2ccc(-c3ccccc3)cc2)n1. The zero-order chi connectivity index (χ0) is 22.6. The number of nitrogens with one attached hydrogen (secondary N) is 2. The van der Waals surface area contributed by atoms with E-state index in [0.29, 0.717) is 25.7 Å². The molecule has 2 saturated heterocycles. The monoisotopic (exact) mass is 446 g/mol. The molecule has 2 fully saturated rings. The lowest BCUT2D eigenvalue weighted by Crippen LogP contribution is -2.39. The van der Waals surface area contributed by atoms with Gasteiger partial charge in [0.2, 0.25) is 5.95 Å². The number of anilines is 1. The summed E-state index contributed by atoms with van der Waals surface area (Å²) in [6, 6.07) is 20.3. The number of nitrogens with zero attached hydrogens (tertiary/aromatic N) is 2. The number of benzene rings is 2. The Morgan fingerprint density at radius 1 is 0.970 bits per heavy atom. The number of carbonyl (C=O) groups is 1. The van der Waals surface area contributed by atoms with Crippen LogP contribution in [0.15, 0.2) is 66.9 Å². The molecule has 0 unspecified atom stereocenters. The number of alkyl carbamates (subject to hydrolysis) is 1. The van der Waals surface area contributed by atoms with Gasteiger partial charge in [0.15, 0.2) is 6.10 Å². The van der Waals surface area contributed by atoms with Crippen LogP contribution < -0.4 is 10.6 Å². The van der Waals surface area contributed by atoms with Crippen LogP contribution >= 0.6 is 0 Å². The molecule has 0 bridgehead atoms. The molecule has 0 saturated carbocycles. The zero-order valence-corrected chi connectivity index (χ0v) is 18.3. The fourth-order valence-corrected chi connectivity index (χ4v) is 4.23. The minimum atomic E-state index is -0.457. The number of fused-ring (bicyclic) bond motifs is 1. The van der Waals surface area contributed by atoms with E-state index < -0.39 is 12.2 Å². The predicted octanol–water partition coefficient (Wildman–Crippen LogP) is 3.50. The molecule has 4 atom stereocenters. The molecule has 3 aromatic rings. The van der Waals surface area contributed by atoms with Crippen molar-refractivity contribution in [3.8, 4) is 22.4 Å². The number of hydrogen-bond donors (Lipinski definition) is 2. The molecule has 2 aliphatic rings.